The van der Waals surface area contributed by atoms with Crippen LogP contribution in [-0.4, -0.2) is 31.7 Å². The summed E-state index contributed by atoms with van der Waals surface area (Å²) in [6.45, 7) is 4.58. The fourth-order valence-electron chi connectivity index (χ4n) is 1.01. The van der Waals surface area contributed by atoms with Crippen molar-refractivity contribution in [3.8, 4) is 0 Å². The SMILES string of the molecule is CCNc1nc(Cl)nc(Sc2nnc(C)s2)n1. The van der Waals surface area contributed by atoms with Crippen LogP contribution in [0.4, 0.5) is 5.95 Å². The van der Waals surface area contributed by atoms with Gasteiger partial charge in [0.2, 0.25) is 16.4 Å². The van der Waals surface area contributed by atoms with Crippen molar-refractivity contribution in [1.82, 2.24) is 25.1 Å². The number of anilines is 1. The lowest BCUT2D eigenvalue weighted by Crippen LogP contribution is -2.04. The summed E-state index contributed by atoms with van der Waals surface area (Å²) < 4.78 is 0.784. The summed E-state index contributed by atoms with van der Waals surface area (Å²) in [7, 11) is 0. The van der Waals surface area contributed by atoms with E-state index in [4.69, 9.17) is 11.6 Å². The number of rotatable bonds is 4. The number of nitrogens with zero attached hydrogens (tertiary/aromatic N) is 5. The first-order valence-corrected chi connectivity index (χ1v) is 6.82. The Balaban J connectivity index is 2.20. The van der Waals surface area contributed by atoms with Crippen molar-refractivity contribution in [2.24, 2.45) is 0 Å². The van der Waals surface area contributed by atoms with Crippen LogP contribution in [0.25, 0.3) is 0 Å². The van der Waals surface area contributed by atoms with Crippen LogP contribution in [0.3, 0.4) is 0 Å². The molecule has 0 aromatic carbocycles. The average Bonchev–Trinajstić information content (AvgIpc) is 2.63. The zero-order valence-electron chi connectivity index (χ0n) is 9.14. The number of aryl methyl sites for hydroxylation is 1. The Morgan fingerprint density at radius 1 is 1.29 bits per heavy atom. The third kappa shape index (κ3) is 3.48. The predicted octanol–water partition coefficient (Wildman–Crippen LogP) is 2.27. The molecule has 2 aromatic rings. The molecule has 0 aliphatic rings. The third-order valence-corrected chi connectivity index (χ3v) is 3.53. The Bertz CT molecular complexity index is 516. The van der Waals surface area contributed by atoms with E-state index in [2.05, 4.69) is 30.5 Å². The molecule has 0 spiro atoms. The highest BCUT2D eigenvalue weighted by molar-refractivity contribution is 8.00. The molecule has 0 aliphatic carbocycles. The molecule has 2 heterocycles. The molecule has 90 valence electrons. The fourth-order valence-corrected chi connectivity index (χ4v) is 2.89. The molecule has 1 N–H and O–H groups in total. The molecule has 0 saturated heterocycles. The standard InChI is InChI=1S/C8H9ClN6S2/c1-3-10-6-11-5(9)12-7(13-6)17-8-15-14-4(2)16-8/h3H2,1-2H3,(H,10,11,12,13). The summed E-state index contributed by atoms with van der Waals surface area (Å²) in [5, 5.41) is 12.5. The zero-order chi connectivity index (χ0) is 12.3. The quantitative estimate of drug-likeness (QED) is 0.924. The molecule has 0 fully saturated rings. The minimum Gasteiger partial charge on any atom is -0.354 e. The molecular weight excluding hydrogens is 280 g/mol. The van der Waals surface area contributed by atoms with E-state index < -0.39 is 0 Å². The van der Waals surface area contributed by atoms with Gasteiger partial charge in [0.05, 0.1) is 0 Å². The molecule has 0 atom stereocenters. The molecule has 2 aromatic heterocycles. The van der Waals surface area contributed by atoms with Crippen LogP contribution >= 0.6 is 34.7 Å². The smallest absolute Gasteiger partial charge is 0.228 e. The molecule has 0 amide bonds. The van der Waals surface area contributed by atoms with E-state index in [-0.39, 0.29) is 5.28 Å². The summed E-state index contributed by atoms with van der Waals surface area (Å²) >= 11 is 8.61. The number of halogens is 1. The van der Waals surface area contributed by atoms with Crippen molar-refractivity contribution in [3.05, 3.63) is 10.3 Å². The van der Waals surface area contributed by atoms with Gasteiger partial charge in [0.1, 0.15) is 5.01 Å². The van der Waals surface area contributed by atoms with Crippen LogP contribution in [0.15, 0.2) is 9.50 Å². The number of hydrogen-bond acceptors (Lipinski definition) is 8. The number of aromatic nitrogens is 5. The normalized spacial score (nSPS) is 10.5. The predicted molar refractivity (Wildman–Crippen MR) is 67.8 cm³/mol. The molecule has 6 nitrogen and oxygen atoms in total. The van der Waals surface area contributed by atoms with Crippen LogP contribution in [-0.2, 0) is 0 Å². The first-order chi connectivity index (χ1) is 8.17. The molecule has 0 bridgehead atoms. The second kappa shape index (κ2) is 5.56. The van der Waals surface area contributed by atoms with Crippen LogP contribution in [0.1, 0.15) is 11.9 Å². The summed E-state index contributed by atoms with van der Waals surface area (Å²) in [5.74, 6) is 0.469. The molecule has 0 unspecified atom stereocenters. The lowest BCUT2D eigenvalue weighted by Gasteiger charge is -2.02. The maximum Gasteiger partial charge on any atom is 0.228 e. The van der Waals surface area contributed by atoms with Crippen LogP contribution in [0.5, 0.6) is 0 Å². The zero-order valence-corrected chi connectivity index (χ0v) is 11.5. The second-order valence-electron chi connectivity index (χ2n) is 2.93. The Morgan fingerprint density at radius 3 is 2.76 bits per heavy atom. The summed E-state index contributed by atoms with van der Waals surface area (Å²) in [5.41, 5.74) is 0. The van der Waals surface area contributed by atoms with Crippen molar-refractivity contribution in [1.29, 1.82) is 0 Å². The van der Waals surface area contributed by atoms with E-state index >= 15 is 0 Å². The molecule has 9 heteroatoms. The van der Waals surface area contributed by atoms with Crippen molar-refractivity contribution in [2.75, 3.05) is 11.9 Å². The lowest BCUT2D eigenvalue weighted by molar-refractivity contribution is 0.894. The van der Waals surface area contributed by atoms with Gasteiger partial charge < -0.3 is 5.32 Å². The van der Waals surface area contributed by atoms with Crippen LogP contribution in [0.2, 0.25) is 5.28 Å². The Labute approximate surface area is 111 Å². The highest BCUT2D eigenvalue weighted by atomic mass is 35.5. The summed E-state index contributed by atoms with van der Waals surface area (Å²) in [6, 6.07) is 0. The van der Waals surface area contributed by atoms with Gasteiger partial charge in [-0.25, -0.2) is 0 Å². The van der Waals surface area contributed by atoms with E-state index in [1.165, 1.54) is 23.1 Å². The second-order valence-corrected chi connectivity index (χ2v) is 5.66. The minimum atomic E-state index is 0.166. The highest BCUT2D eigenvalue weighted by Crippen LogP contribution is 2.28. The van der Waals surface area contributed by atoms with Crippen molar-refractivity contribution < 1.29 is 0 Å². The molecule has 0 radical (unpaired) electrons. The van der Waals surface area contributed by atoms with Gasteiger partial charge in [-0.3, -0.25) is 0 Å². The molecular formula is C8H9ClN6S2. The van der Waals surface area contributed by atoms with E-state index in [1.54, 1.807) is 0 Å². The molecule has 17 heavy (non-hydrogen) atoms. The number of nitrogens with one attached hydrogen (secondary N) is 1. The van der Waals surface area contributed by atoms with Gasteiger partial charge in [-0.15, -0.1) is 10.2 Å². The van der Waals surface area contributed by atoms with Crippen molar-refractivity contribution in [3.63, 3.8) is 0 Å². The van der Waals surface area contributed by atoms with E-state index in [9.17, 15) is 0 Å². The van der Waals surface area contributed by atoms with E-state index in [1.807, 2.05) is 13.8 Å². The Kier molecular flexibility index (Phi) is 4.08. The average molecular weight is 289 g/mol. The monoisotopic (exact) mass is 288 g/mol. The summed E-state index contributed by atoms with van der Waals surface area (Å²) in [4.78, 5) is 12.2. The number of hydrogen-bond donors (Lipinski definition) is 1. The largest absolute Gasteiger partial charge is 0.354 e. The van der Waals surface area contributed by atoms with Gasteiger partial charge >= 0.3 is 0 Å². The highest BCUT2D eigenvalue weighted by Gasteiger charge is 2.09. The molecule has 0 saturated carbocycles. The molecule has 0 aliphatic heterocycles. The Morgan fingerprint density at radius 2 is 2.12 bits per heavy atom. The lowest BCUT2D eigenvalue weighted by atomic mass is 10.7. The maximum atomic E-state index is 5.81. The van der Waals surface area contributed by atoms with Gasteiger partial charge in [0.25, 0.3) is 0 Å². The van der Waals surface area contributed by atoms with E-state index in [0.717, 1.165) is 15.9 Å². The first kappa shape index (κ1) is 12.5. The van der Waals surface area contributed by atoms with Gasteiger partial charge in [0, 0.05) is 6.54 Å². The van der Waals surface area contributed by atoms with Crippen molar-refractivity contribution >= 4 is 40.6 Å². The molecule has 2 rings (SSSR count). The summed E-state index contributed by atoms with van der Waals surface area (Å²) in [6.07, 6.45) is 0. The third-order valence-electron chi connectivity index (χ3n) is 1.61. The topological polar surface area (TPSA) is 76.5 Å². The van der Waals surface area contributed by atoms with Crippen LogP contribution < -0.4 is 5.32 Å². The van der Waals surface area contributed by atoms with Crippen molar-refractivity contribution in [2.45, 2.75) is 23.3 Å². The van der Waals surface area contributed by atoms with E-state index in [0.29, 0.717) is 11.1 Å². The first-order valence-electron chi connectivity index (χ1n) is 4.80. The maximum absolute atomic E-state index is 5.81. The fraction of sp³-hybridized carbons (Fsp3) is 0.375. The van der Waals surface area contributed by atoms with Gasteiger partial charge in [-0.05, 0) is 37.2 Å². The van der Waals surface area contributed by atoms with Gasteiger partial charge in [-0.1, -0.05) is 11.3 Å². The van der Waals surface area contributed by atoms with Gasteiger partial charge in [-0.2, -0.15) is 15.0 Å². The van der Waals surface area contributed by atoms with Gasteiger partial charge in [0.15, 0.2) is 4.34 Å². The van der Waals surface area contributed by atoms with Crippen LogP contribution in [0, 0.1) is 6.92 Å². The Hall–Kier alpha value is -0.990. The minimum absolute atomic E-state index is 0.166.